The van der Waals surface area contributed by atoms with Crippen LogP contribution >= 0.6 is 11.3 Å². The molecule has 0 aromatic carbocycles. The lowest BCUT2D eigenvalue weighted by atomic mass is 9.87. The fourth-order valence-corrected chi connectivity index (χ4v) is 2.80. The van der Waals surface area contributed by atoms with Gasteiger partial charge in [0.15, 0.2) is 0 Å². The predicted molar refractivity (Wildman–Crippen MR) is 67.7 cm³/mol. The maximum absolute atomic E-state index is 3.59. The predicted octanol–water partition coefficient (Wildman–Crippen LogP) is 3.48. The molecule has 1 N–H and O–H groups in total. The van der Waals surface area contributed by atoms with Gasteiger partial charge in [0.25, 0.3) is 0 Å². The van der Waals surface area contributed by atoms with E-state index >= 15 is 0 Å². The van der Waals surface area contributed by atoms with Crippen LogP contribution in [0.4, 0.5) is 0 Å². The molecular formula is C13H21NS. The summed E-state index contributed by atoms with van der Waals surface area (Å²) < 4.78 is 0. The van der Waals surface area contributed by atoms with Crippen molar-refractivity contribution in [1.29, 1.82) is 0 Å². The molecule has 0 spiro atoms. The molecule has 84 valence electrons. The summed E-state index contributed by atoms with van der Waals surface area (Å²) in [5.74, 6) is 0. The molecule has 0 amide bonds. The zero-order valence-corrected chi connectivity index (χ0v) is 10.8. The van der Waals surface area contributed by atoms with Gasteiger partial charge in [-0.2, -0.15) is 0 Å². The summed E-state index contributed by atoms with van der Waals surface area (Å²) in [7, 11) is 0. The standard InChI is InChI=1S/C13H21NS/c1-10-4-7-12(15-10)13(2,3)8-9-14-11-5-6-11/h4,7,11,14H,5-6,8-9H2,1-3H3. The fraction of sp³-hybridized carbons (Fsp3) is 0.692. The monoisotopic (exact) mass is 223 g/mol. The van der Waals surface area contributed by atoms with Crippen molar-refractivity contribution in [2.45, 2.75) is 51.5 Å². The van der Waals surface area contributed by atoms with Crippen LogP contribution in [0.1, 0.15) is 42.9 Å². The highest BCUT2D eigenvalue weighted by atomic mass is 32.1. The van der Waals surface area contributed by atoms with Gasteiger partial charge in [0.05, 0.1) is 0 Å². The van der Waals surface area contributed by atoms with Crippen molar-refractivity contribution in [3.05, 3.63) is 21.9 Å². The van der Waals surface area contributed by atoms with Gasteiger partial charge in [-0.3, -0.25) is 0 Å². The second-order valence-electron chi connectivity index (χ2n) is 5.27. The average molecular weight is 223 g/mol. The van der Waals surface area contributed by atoms with E-state index in [0.29, 0.717) is 5.41 Å². The number of hydrogen-bond acceptors (Lipinski definition) is 2. The Bertz CT molecular complexity index is 323. The molecule has 1 saturated carbocycles. The zero-order chi connectivity index (χ0) is 10.9. The van der Waals surface area contributed by atoms with Crippen molar-refractivity contribution in [2.75, 3.05) is 6.54 Å². The SMILES string of the molecule is Cc1ccc(C(C)(C)CCNC2CC2)s1. The molecule has 1 aliphatic rings. The van der Waals surface area contributed by atoms with Crippen LogP contribution < -0.4 is 5.32 Å². The van der Waals surface area contributed by atoms with Crippen LogP contribution in [0.25, 0.3) is 0 Å². The number of aryl methyl sites for hydroxylation is 1. The van der Waals surface area contributed by atoms with Crippen LogP contribution in [0.5, 0.6) is 0 Å². The molecule has 2 rings (SSSR count). The minimum absolute atomic E-state index is 0.334. The minimum atomic E-state index is 0.334. The van der Waals surface area contributed by atoms with Gasteiger partial charge in [-0.15, -0.1) is 11.3 Å². The Hall–Kier alpha value is -0.340. The van der Waals surface area contributed by atoms with E-state index in [0.717, 1.165) is 12.6 Å². The van der Waals surface area contributed by atoms with Gasteiger partial charge in [0, 0.05) is 21.2 Å². The molecule has 1 fully saturated rings. The van der Waals surface area contributed by atoms with Crippen LogP contribution in [0.2, 0.25) is 0 Å². The maximum Gasteiger partial charge on any atom is 0.0105 e. The van der Waals surface area contributed by atoms with Crippen molar-refractivity contribution < 1.29 is 0 Å². The molecule has 1 aliphatic carbocycles. The second-order valence-corrected chi connectivity index (χ2v) is 6.56. The molecule has 1 aromatic heterocycles. The number of hydrogen-bond donors (Lipinski definition) is 1. The second kappa shape index (κ2) is 4.26. The van der Waals surface area contributed by atoms with E-state index in [1.165, 1.54) is 29.0 Å². The van der Waals surface area contributed by atoms with Gasteiger partial charge in [-0.05, 0) is 44.9 Å². The Balaban J connectivity index is 1.86. The summed E-state index contributed by atoms with van der Waals surface area (Å²) in [5.41, 5.74) is 0.334. The van der Waals surface area contributed by atoms with E-state index in [1.807, 2.05) is 11.3 Å². The van der Waals surface area contributed by atoms with Gasteiger partial charge in [-0.1, -0.05) is 13.8 Å². The molecule has 0 atom stereocenters. The molecule has 2 heteroatoms. The lowest BCUT2D eigenvalue weighted by Crippen LogP contribution is -2.25. The van der Waals surface area contributed by atoms with Gasteiger partial charge in [0.1, 0.15) is 0 Å². The summed E-state index contributed by atoms with van der Waals surface area (Å²) in [6.07, 6.45) is 4.01. The Morgan fingerprint density at radius 2 is 2.13 bits per heavy atom. The molecule has 1 aromatic rings. The first-order valence-corrected chi connectivity index (χ1v) is 6.70. The normalized spacial score (nSPS) is 17.0. The number of nitrogens with one attached hydrogen (secondary N) is 1. The van der Waals surface area contributed by atoms with Crippen LogP contribution in [0.3, 0.4) is 0 Å². The lowest BCUT2D eigenvalue weighted by Gasteiger charge is -2.23. The molecule has 0 aliphatic heterocycles. The third kappa shape index (κ3) is 3.05. The third-order valence-electron chi connectivity index (χ3n) is 3.17. The topological polar surface area (TPSA) is 12.0 Å². The van der Waals surface area contributed by atoms with Crippen molar-refractivity contribution in [2.24, 2.45) is 0 Å². The van der Waals surface area contributed by atoms with E-state index in [9.17, 15) is 0 Å². The molecule has 1 nitrogen and oxygen atoms in total. The molecule has 1 heterocycles. The number of rotatable bonds is 5. The number of thiophene rings is 1. The van der Waals surface area contributed by atoms with Gasteiger partial charge >= 0.3 is 0 Å². The smallest absolute Gasteiger partial charge is 0.0105 e. The largest absolute Gasteiger partial charge is 0.314 e. The summed E-state index contributed by atoms with van der Waals surface area (Å²) in [5, 5.41) is 3.59. The Morgan fingerprint density at radius 3 is 2.67 bits per heavy atom. The highest BCUT2D eigenvalue weighted by Gasteiger charge is 2.24. The molecule has 0 saturated heterocycles. The highest BCUT2D eigenvalue weighted by molar-refractivity contribution is 7.12. The summed E-state index contributed by atoms with van der Waals surface area (Å²) in [6, 6.07) is 5.36. The van der Waals surface area contributed by atoms with Crippen LogP contribution in [0, 0.1) is 6.92 Å². The van der Waals surface area contributed by atoms with E-state index in [-0.39, 0.29) is 0 Å². The average Bonchev–Trinajstić information content (AvgIpc) is 2.86. The van der Waals surface area contributed by atoms with Gasteiger partial charge < -0.3 is 5.32 Å². The Kier molecular flexibility index (Phi) is 3.17. The summed E-state index contributed by atoms with van der Waals surface area (Å²) in [4.78, 5) is 2.95. The van der Waals surface area contributed by atoms with E-state index in [2.05, 4.69) is 38.2 Å². The first kappa shape index (κ1) is 11.2. The minimum Gasteiger partial charge on any atom is -0.314 e. The van der Waals surface area contributed by atoms with Crippen LogP contribution in [-0.2, 0) is 5.41 Å². The van der Waals surface area contributed by atoms with Crippen molar-refractivity contribution >= 4 is 11.3 Å². The molecular weight excluding hydrogens is 202 g/mol. The zero-order valence-electron chi connectivity index (χ0n) is 9.97. The van der Waals surface area contributed by atoms with Crippen molar-refractivity contribution in [1.82, 2.24) is 5.32 Å². The summed E-state index contributed by atoms with van der Waals surface area (Å²) in [6.45, 7) is 8.06. The molecule has 15 heavy (non-hydrogen) atoms. The third-order valence-corrected chi connectivity index (χ3v) is 4.53. The first-order chi connectivity index (χ1) is 7.08. The fourth-order valence-electron chi connectivity index (χ4n) is 1.80. The van der Waals surface area contributed by atoms with Crippen molar-refractivity contribution in [3.63, 3.8) is 0 Å². The quantitative estimate of drug-likeness (QED) is 0.806. The molecule has 0 bridgehead atoms. The van der Waals surface area contributed by atoms with Gasteiger partial charge in [-0.25, -0.2) is 0 Å². The summed E-state index contributed by atoms with van der Waals surface area (Å²) >= 11 is 1.94. The molecule has 0 unspecified atom stereocenters. The van der Waals surface area contributed by atoms with Gasteiger partial charge in [0.2, 0.25) is 0 Å². The lowest BCUT2D eigenvalue weighted by molar-refractivity contribution is 0.464. The van der Waals surface area contributed by atoms with E-state index < -0.39 is 0 Å². The maximum atomic E-state index is 3.59. The Labute approximate surface area is 96.9 Å². The first-order valence-electron chi connectivity index (χ1n) is 5.88. The van der Waals surface area contributed by atoms with Crippen LogP contribution in [-0.4, -0.2) is 12.6 Å². The molecule has 0 radical (unpaired) electrons. The highest BCUT2D eigenvalue weighted by Crippen LogP contribution is 2.32. The van der Waals surface area contributed by atoms with E-state index in [1.54, 1.807) is 0 Å². The van der Waals surface area contributed by atoms with E-state index in [4.69, 9.17) is 0 Å². The van der Waals surface area contributed by atoms with Crippen LogP contribution in [0.15, 0.2) is 12.1 Å². The van der Waals surface area contributed by atoms with Crippen molar-refractivity contribution in [3.8, 4) is 0 Å². The Morgan fingerprint density at radius 1 is 1.40 bits per heavy atom.